The Morgan fingerprint density at radius 3 is 2.78 bits per heavy atom. The zero-order valence-electron chi connectivity index (χ0n) is 9.37. The van der Waals surface area contributed by atoms with Crippen LogP contribution in [0.15, 0.2) is 29.2 Å². The minimum Gasteiger partial charge on any atom is -0.258 e. The predicted octanol–water partition coefficient (Wildman–Crippen LogP) is 1.18. The third kappa shape index (κ3) is 3.80. The van der Waals surface area contributed by atoms with Crippen molar-refractivity contribution >= 4 is 15.7 Å². The highest BCUT2D eigenvalue weighted by molar-refractivity contribution is 7.89. The van der Waals surface area contributed by atoms with Crippen LogP contribution in [-0.4, -0.2) is 19.9 Å². The number of nitrogens with zero attached hydrogens (tertiary/aromatic N) is 2. The summed E-state index contributed by atoms with van der Waals surface area (Å²) in [6, 6.07) is 6.69. The molecule has 0 aliphatic carbocycles. The van der Waals surface area contributed by atoms with Crippen molar-refractivity contribution in [2.24, 2.45) is 0 Å². The molecule has 0 saturated heterocycles. The second-order valence-corrected chi connectivity index (χ2v) is 5.18. The first kappa shape index (κ1) is 14.1. The molecule has 1 aromatic rings. The SMILES string of the molecule is N#CCCCNS(=O)(=O)c1cccc([N+](=O)[O-])c1. The molecule has 96 valence electrons. The fourth-order valence-electron chi connectivity index (χ4n) is 1.22. The van der Waals surface area contributed by atoms with E-state index in [-0.39, 0.29) is 23.5 Å². The maximum absolute atomic E-state index is 11.8. The number of unbranched alkanes of at least 4 members (excludes halogenated alkanes) is 1. The fourth-order valence-corrected chi connectivity index (χ4v) is 2.33. The summed E-state index contributed by atoms with van der Waals surface area (Å²) in [5.74, 6) is 0. The number of sulfonamides is 1. The van der Waals surface area contributed by atoms with Crippen LogP contribution in [0.25, 0.3) is 0 Å². The summed E-state index contributed by atoms with van der Waals surface area (Å²) in [4.78, 5) is 9.72. The number of non-ortho nitro benzene ring substituents is 1. The highest BCUT2D eigenvalue weighted by Gasteiger charge is 2.16. The normalized spacial score (nSPS) is 10.8. The van der Waals surface area contributed by atoms with Crippen LogP contribution in [-0.2, 0) is 10.0 Å². The zero-order chi connectivity index (χ0) is 13.6. The van der Waals surface area contributed by atoms with Crippen LogP contribution < -0.4 is 4.72 Å². The molecule has 8 heteroatoms. The average Bonchev–Trinajstić information content (AvgIpc) is 2.35. The lowest BCUT2D eigenvalue weighted by molar-refractivity contribution is -0.385. The van der Waals surface area contributed by atoms with Crippen LogP contribution >= 0.6 is 0 Å². The van der Waals surface area contributed by atoms with E-state index in [1.165, 1.54) is 18.2 Å². The Hall–Kier alpha value is -1.98. The van der Waals surface area contributed by atoms with Gasteiger partial charge in [0.25, 0.3) is 5.69 Å². The lowest BCUT2D eigenvalue weighted by Gasteiger charge is -2.05. The van der Waals surface area contributed by atoms with Gasteiger partial charge in [0, 0.05) is 25.1 Å². The maximum atomic E-state index is 11.8. The van der Waals surface area contributed by atoms with Gasteiger partial charge in [0.2, 0.25) is 10.0 Å². The number of nitro benzene ring substituents is 1. The minimum absolute atomic E-state index is 0.124. The second-order valence-electron chi connectivity index (χ2n) is 3.41. The van der Waals surface area contributed by atoms with Gasteiger partial charge < -0.3 is 0 Å². The van der Waals surface area contributed by atoms with Gasteiger partial charge in [-0.1, -0.05) is 6.07 Å². The lowest BCUT2D eigenvalue weighted by atomic mass is 10.3. The molecule has 0 spiro atoms. The fraction of sp³-hybridized carbons (Fsp3) is 0.300. The number of rotatable bonds is 6. The number of nitrogens with one attached hydrogen (secondary N) is 1. The van der Waals surface area contributed by atoms with Crippen molar-refractivity contribution in [3.63, 3.8) is 0 Å². The summed E-state index contributed by atoms with van der Waals surface area (Å²) in [7, 11) is -3.76. The predicted molar refractivity (Wildman–Crippen MR) is 63.1 cm³/mol. The van der Waals surface area contributed by atoms with Crippen molar-refractivity contribution < 1.29 is 13.3 Å². The van der Waals surface area contributed by atoms with Crippen molar-refractivity contribution in [2.75, 3.05) is 6.54 Å². The molecule has 1 N–H and O–H groups in total. The molecule has 1 rings (SSSR count). The van der Waals surface area contributed by atoms with E-state index in [0.29, 0.717) is 6.42 Å². The zero-order valence-corrected chi connectivity index (χ0v) is 10.2. The quantitative estimate of drug-likeness (QED) is 0.473. The highest BCUT2D eigenvalue weighted by Crippen LogP contribution is 2.16. The Morgan fingerprint density at radius 1 is 1.44 bits per heavy atom. The molecule has 0 aliphatic rings. The molecule has 0 bridgehead atoms. The molecule has 0 unspecified atom stereocenters. The Kier molecular flexibility index (Phi) is 4.76. The number of hydrogen-bond acceptors (Lipinski definition) is 5. The van der Waals surface area contributed by atoms with Crippen LogP contribution in [0.2, 0.25) is 0 Å². The van der Waals surface area contributed by atoms with E-state index in [1.807, 2.05) is 6.07 Å². The molecule has 0 atom stereocenters. The summed E-state index contributed by atoms with van der Waals surface area (Å²) >= 11 is 0. The van der Waals surface area contributed by atoms with E-state index < -0.39 is 14.9 Å². The largest absolute Gasteiger partial charge is 0.270 e. The van der Waals surface area contributed by atoms with Crippen molar-refractivity contribution in [1.82, 2.24) is 4.72 Å². The van der Waals surface area contributed by atoms with Crippen LogP contribution in [0.5, 0.6) is 0 Å². The highest BCUT2D eigenvalue weighted by atomic mass is 32.2. The van der Waals surface area contributed by atoms with E-state index in [0.717, 1.165) is 6.07 Å². The van der Waals surface area contributed by atoms with Crippen molar-refractivity contribution in [3.8, 4) is 6.07 Å². The van der Waals surface area contributed by atoms with Crippen molar-refractivity contribution in [3.05, 3.63) is 34.4 Å². The van der Waals surface area contributed by atoms with Crippen LogP contribution in [0.4, 0.5) is 5.69 Å². The van der Waals surface area contributed by atoms with E-state index >= 15 is 0 Å². The van der Waals surface area contributed by atoms with Gasteiger partial charge >= 0.3 is 0 Å². The molecular formula is C10H11N3O4S. The molecule has 0 radical (unpaired) electrons. The van der Waals surface area contributed by atoms with Crippen LogP contribution in [0, 0.1) is 21.4 Å². The summed E-state index contributed by atoms with van der Waals surface area (Å²) in [6.45, 7) is 0.124. The van der Waals surface area contributed by atoms with Crippen LogP contribution in [0.3, 0.4) is 0 Å². The Morgan fingerprint density at radius 2 is 2.17 bits per heavy atom. The Labute approximate surface area is 104 Å². The average molecular weight is 269 g/mol. The van der Waals surface area contributed by atoms with E-state index in [4.69, 9.17) is 5.26 Å². The standard InChI is InChI=1S/C10H11N3O4S/c11-6-1-2-7-12-18(16,17)10-5-3-4-9(8-10)13(14)15/h3-5,8,12H,1-2,7H2. The molecule has 0 amide bonds. The summed E-state index contributed by atoms with van der Waals surface area (Å²) in [5, 5.41) is 18.8. The third-order valence-electron chi connectivity index (χ3n) is 2.10. The molecule has 0 heterocycles. The molecule has 0 aliphatic heterocycles. The summed E-state index contributed by atoms with van der Waals surface area (Å²) in [5.41, 5.74) is -0.283. The van der Waals surface area contributed by atoms with Gasteiger partial charge in [0.15, 0.2) is 0 Å². The number of benzene rings is 1. The Balaban J connectivity index is 2.82. The summed E-state index contributed by atoms with van der Waals surface area (Å²) < 4.78 is 25.8. The van der Waals surface area contributed by atoms with Gasteiger partial charge in [0.1, 0.15) is 0 Å². The van der Waals surface area contributed by atoms with Gasteiger partial charge in [-0.05, 0) is 12.5 Å². The minimum atomic E-state index is -3.76. The van der Waals surface area contributed by atoms with E-state index in [2.05, 4.69) is 4.72 Å². The number of hydrogen-bond donors (Lipinski definition) is 1. The van der Waals surface area contributed by atoms with Gasteiger partial charge in [-0.2, -0.15) is 5.26 Å². The van der Waals surface area contributed by atoms with Crippen molar-refractivity contribution in [2.45, 2.75) is 17.7 Å². The molecule has 0 fully saturated rings. The lowest BCUT2D eigenvalue weighted by Crippen LogP contribution is -2.24. The number of nitriles is 1. The third-order valence-corrected chi connectivity index (χ3v) is 3.55. The van der Waals surface area contributed by atoms with E-state index in [1.54, 1.807) is 0 Å². The van der Waals surface area contributed by atoms with Gasteiger partial charge in [-0.3, -0.25) is 10.1 Å². The molecule has 18 heavy (non-hydrogen) atoms. The number of nitro groups is 1. The Bertz CT molecular complexity index is 577. The van der Waals surface area contributed by atoms with E-state index in [9.17, 15) is 18.5 Å². The first-order valence-electron chi connectivity index (χ1n) is 5.08. The van der Waals surface area contributed by atoms with Gasteiger partial charge in [-0.15, -0.1) is 0 Å². The van der Waals surface area contributed by atoms with Gasteiger partial charge in [-0.25, -0.2) is 13.1 Å². The molecule has 1 aromatic carbocycles. The monoisotopic (exact) mass is 269 g/mol. The first-order chi connectivity index (χ1) is 8.47. The first-order valence-corrected chi connectivity index (χ1v) is 6.57. The summed E-state index contributed by atoms with van der Waals surface area (Å²) in [6.07, 6.45) is 0.641. The van der Waals surface area contributed by atoms with Crippen LogP contribution in [0.1, 0.15) is 12.8 Å². The van der Waals surface area contributed by atoms with Gasteiger partial charge in [0.05, 0.1) is 15.9 Å². The molecular weight excluding hydrogens is 258 g/mol. The molecule has 0 aromatic heterocycles. The second kappa shape index (κ2) is 6.09. The molecule has 7 nitrogen and oxygen atoms in total. The van der Waals surface area contributed by atoms with Crippen molar-refractivity contribution in [1.29, 1.82) is 5.26 Å². The topological polar surface area (TPSA) is 113 Å². The maximum Gasteiger partial charge on any atom is 0.270 e. The smallest absolute Gasteiger partial charge is 0.258 e. The molecule has 0 saturated carbocycles.